The Bertz CT molecular complexity index is 1410. The number of hydrogen-bond acceptors (Lipinski definition) is 8. The van der Waals surface area contributed by atoms with Crippen LogP contribution in [-0.4, -0.2) is 78.1 Å². The summed E-state index contributed by atoms with van der Waals surface area (Å²) < 4.78 is 6.23. The Morgan fingerprint density at radius 1 is 1.20 bits per heavy atom. The maximum Gasteiger partial charge on any atom is 0.318 e. The van der Waals surface area contributed by atoms with Crippen LogP contribution in [0.1, 0.15) is 36.9 Å². The van der Waals surface area contributed by atoms with Gasteiger partial charge in [0.2, 0.25) is 5.91 Å². The highest BCUT2D eigenvalue weighted by molar-refractivity contribution is 5.94. The number of fused-ring (bicyclic) bond motifs is 2. The van der Waals surface area contributed by atoms with Crippen LogP contribution in [0.3, 0.4) is 0 Å². The van der Waals surface area contributed by atoms with Crippen LogP contribution in [-0.2, 0) is 17.8 Å². The minimum absolute atomic E-state index is 0.182. The van der Waals surface area contributed by atoms with Crippen LogP contribution in [0.25, 0.3) is 10.8 Å². The quantitative estimate of drug-likeness (QED) is 0.349. The third-order valence-corrected chi connectivity index (χ3v) is 8.13. The average Bonchev–Trinajstić information content (AvgIpc) is 3.01. The highest BCUT2D eigenvalue weighted by Crippen LogP contribution is 2.33. The summed E-state index contributed by atoms with van der Waals surface area (Å²) >= 11 is 0. The van der Waals surface area contributed by atoms with Gasteiger partial charge in [0.1, 0.15) is 12.4 Å². The van der Waals surface area contributed by atoms with E-state index in [1.165, 1.54) is 35.4 Å². The number of hydrogen-bond donors (Lipinski definition) is 1. The molecule has 2 aromatic carbocycles. The van der Waals surface area contributed by atoms with Crippen molar-refractivity contribution < 1.29 is 9.53 Å². The summed E-state index contributed by atoms with van der Waals surface area (Å²) in [7, 11) is 2.15. The molecule has 0 saturated carbocycles. The lowest BCUT2D eigenvalue weighted by Crippen LogP contribution is -2.40. The van der Waals surface area contributed by atoms with E-state index in [2.05, 4.69) is 77.3 Å². The van der Waals surface area contributed by atoms with Gasteiger partial charge in [0.15, 0.2) is 0 Å². The zero-order chi connectivity index (χ0) is 28.6. The van der Waals surface area contributed by atoms with Gasteiger partial charge >= 0.3 is 6.01 Å². The van der Waals surface area contributed by atoms with Gasteiger partial charge in [-0.05, 0) is 50.4 Å². The predicted molar refractivity (Wildman–Crippen MR) is 162 cm³/mol. The number of aromatic nitrogens is 2. The lowest BCUT2D eigenvalue weighted by atomic mass is 10.0. The van der Waals surface area contributed by atoms with Crippen molar-refractivity contribution in [3.63, 3.8) is 0 Å². The number of amides is 1. The summed E-state index contributed by atoms with van der Waals surface area (Å²) in [6.07, 6.45) is 5.90. The van der Waals surface area contributed by atoms with Crippen molar-refractivity contribution >= 4 is 28.2 Å². The Morgan fingerprint density at radius 3 is 2.88 bits per heavy atom. The molecule has 0 unspecified atom stereocenters. The van der Waals surface area contributed by atoms with E-state index in [-0.39, 0.29) is 12.3 Å². The van der Waals surface area contributed by atoms with Crippen LogP contribution in [0.15, 0.2) is 55.1 Å². The lowest BCUT2D eigenvalue weighted by molar-refractivity contribution is -0.125. The van der Waals surface area contributed by atoms with Crippen molar-refractivity contribution in [3.8, 4) is 12.1 Å². The molecule has 1 atom stereocenters. The minimum atomic E-state index is -0.182. The number of ether oxygens (including phenoxy) is 1. The molecule has 0 spiro atoms. The summed E-state index contributed by atoms with van der Waals surface area (Å²) in [6.45, 7) is 8.04. The highest BCUT2D eigenvalue weighted by atomic mass is 16.5. The number of carbonyl (C=O) groups excluding carboxylic acids is 1. The molecular weight excluding hydrogens is 514 g/mol. The van der Waals surface area contributed by atoms with Crippen molar-refractivity contribution in [3.05, 3.63) is 66.4 Å². The number of likely N-dealkylation sites (N-methyl/N-ethyl adjacent to an activating group) is 1. The van der Waals surface area contributed by atoms with Crippen molar-refractivity contribution in [1.82, 2.24) is 19.8 Å². The SMILES string of the molecule is C=CC(=O)N(CCC#N)CCNc1nc(OC[C@H]2CCCCN2C)nc2c1CCN(c1cccc3ccccc13)C2. The van der Waals surface area contributed by atoms with E-state index in [1.807, 2.05) is 0 Å². The number of likely N-dealkylation sites (tertiary alicyclic amines) is 1. The first-order valence-corrected chi connectivity index (χ1v) is 14.5. The van der Waals surface area contributed by atoms with E-state index in [4.69, 9.17) is 20.0 Å². The Kier molecular flexibility index (Phi) is 9.32. The molecule has 2 aliphatic rings. The molecule has 9 heteroatoms. The molecule has 1 saturated heterocycles. The molecule has 1 fully saturated rings. The van der Waals surface area contributed by atoms with E-state index in [9.17, 15) is 4.79 Å². The fourth-order valence-corrected chi connectivity index (χ4v) is 5.79. The monoisotopic (exact) mass is 553 g/mol. The van der Waals surface area contributed by atoms with Crippen molar-refractivity contribution in [2.45, 2.75) is 44.7 Å². The van der Waals surface area contributed by atoms with Crippen LogP contribution in [0.4, 0.5) is 11.5 Å². The maximum absolute atomic E-state index is 12.3. The van der Waals surface area contributed by atoms with E-state index < -0.39 is 0 Å². The maximum atomic E-state index is 12.3. The van der Waals surface area contributed by atoms with Gasteiger partial charge in [0.05, 0.1) is 24.7 Å². The minimum Gasteiger partial charge on any atom is -0.462 e. The molecule has 41 heavy (non-hydrogen) atoms. The molecule has 0 aliphatic carbocycles. The molecule has 9 nitrogen and oxygen atoms in total. The second-order valence-electron chi connectivity index (χ2n) is 10.8. The first kappa shape index (κ1) is 28.4. The van der Waals surface area contributed by atoms with Gasteiger partial charge in [-0.1, -0.05) is 49.4 Å². The predicted octanol–water partition coefficient (Wildman–Crippen LogP) is 4.40. The molecule has 3 heterocycles. The van der Waals surface area contributed by atoms with Crippen LogP contribution < -0.4 is 15.0 Å². The summed E-state index contributed by atoms with van der Waals surface area (Å²) in [6, 6.07) is 17.7. The Morgan fingerprint density at radius 2 is 2.05 bits per heavy atom. The van der Waals surface area contributed by atoms with Crippen LogP contribution in [0.5, 0.6) is 6.01 Å². The molecule has 1 aromatic heterocycles. The van der Waals surface area contributed by atoms with Gasteiger partial charge in [-0.15, -0.1) is 0 Å². The number of nitrogens with zero attached hydrogens (tertiary/aromatic N) is 6. The van der Waals surface area contributed by atoms with Gasteiger partial charge in [-0.25, -0.2) is 0 Å². The van der Waals surface area contributed by atoms with Crippen molar-refractivity contribution in [2.75, 3.05) is 56.6 Å². The third-order valence-electron chi connectivity index (χ3n) is 8.13. The summed E-state index contributed by atoms with van der Waals surface area (Å²) in [5.74, 6) is 0.573. The molecule has 1 amide bonds. The number of benzene rings is 2. The number of nitrogens with one attached hydrogen (secondary N) is 1. The number of nitriles is 1. The Balaban J connectivity index is 1.38. The average molecular weight is 554 g/mol. The molecule has 1 N–H and O–H groups in total. The largest absolute Gasteiger partial charge is 0.462 e. The van der Waals surface area contributed by atoms with Crippen molar-refractivity contribution in [2.24, 2.45) is 0 Å². The number of piperidine rings is 1. The fourth-order valence-electron chi connectivity index (χ4n) is 5.79. The molecule has 5 rings (SSSR count). The summed E-state index contributed by atoms with van der Waals surface area (Å²) in [5.41, 5.74) is 3.24. The molecule has 2 aliphatic heterocycles. The number of rotatable bonds is 11. The van der Waals surface area contributed by atoms with Gasteiger partial charge in [0, 0.05) is 48.9 Å². The Hall–Kier alpha value is -4.16. The fraction of sp³-hybridized carbons (Fsp3) is 0.438. The Labute approximate surface area is 242 Å². The van der Waals surface area contributed by atoms with Crippen molar-refractivity contribution in [1.29, 1.82) is 5.26 Å². The van der Waals surface area contributed by atoms with E-state index in [0.717, 1.165) is 43.0 Å². The van der Waals surface area contributed by atoms with Gasteiger partial charge < -0.3 is 24.8 Å². The number of anilines is 2. The van der Waals surface area contributed by atoms with Gasteiger partial charge in [0.25, 0.3) is 0 Å². The summed E-state index contributed by atoms with van der Waals surface area (Å²) in [5, 5.41) is 14.9. The topological polar surface area (TPSA) is 97.6 Å². The third kappa shape index (κ3) is 6.77. The zero-order valence-corrected chi connectivity index (χ0v) is 23.9. The number of carbonyl (C=O) groups is 1. The van der Waals surface area contributed by atoms with Gasteiger partial charge in [-0.2, -0.15) is 15.2 Å². The highest BCUT2D eigenvalue weighted by Gasteiger charge is 2.25. The molecule has 0 bridgehead atoms. The molecule has 3 aromatic rings. The first-order valence-electron chi connectivity index (χ1n) is 14.5. The van der Waals surface area contributed by atoms with E-state index in [0.29, 0.717) is 44.8 Å². The van der Waals surface area contributed by atoms with Crippen LogP contribution in [0.2, 0.25) is 0 Å². The molecule has 0 radical (unpaired) electrons. The van der Waals surface area contributed by atoms with Crippen LogP contribution >= 0.6 is 0 Å². The molecule has 214 valence electrons. The first-order chi connectivity index (χ1) is 20.1. The van der Waals surface area contributed by atoms with E-state index in [1.54, 1.807) is 4.90 Å². The second-order valence-corrected chi connectivity index (χ2v) is 10.8. The van der Waals surface area contributed by atoms with Crippen LogP contribution in [0, 0.1) is 11.3 Å². The lowest BCUT2D eigenvalue weighted by Gasteiger charge is -2.33. The normalized spacial score (nSPS) is 17.0. The smallest absolute Gasteiger partial charge is 0.318 e. The molecular formula is C32H39N7O2. The van der Waals surface area contributed by atoms with E-state index >= 15 is 0 Å². The summed E-state index contributed by atoms with van der Waals surface area (Å²) in [4.78, 5) is 28.4. The standard InChI is InChI=1S/C32H39N7O2/c1-3-30(40)38(19-9-16-33)21-17-34-31-27-15-20-39(29-14-8-11-24-10-4-5-13-26(24)29)22-28(27)35-32(36-31)41-23-25-12-6-7-18-37(25)2/h3-5,8,10-11,13-14,25H,1,6-7,9,12,15,17-23H2,2H3,(H,34,35,36)/t25-/m1/s1. The van der Waals surface area contributed by atoms with Gasteiger partial charge in [-0.3, -0.25) is 4.79 Å². The second kappa shape index (κ2) is 13.5. The zero-order valence-electron chi connectivity index (χ0n) is 23.9.